The highest BCUT2D eigenvalue weighted by molar-refractivity contribution is 5.75. The highest BCUT2D eigenvalue weighted by atomic mass is 16.2. The molecule has 0 bridgehead atoms. The lowest BCUT2D eigenvalue weighted by molar-refractivity contribution is 0.130. The molecule has 0 aromatic rings. The van der Waals surface area contributed by atoms with Crippen molar-refractivity contribution >= 4 is 6.03 Å². The van der Waals surface area contributed by atoms with E-state index in [2.05, 4.69) is 24.5 Å². The van der Waals surface area contributed by atoms with Gasteiger partial charge in [0.25, 0.3) is 0 Å². The Balaban J connectivity index is 1.64. The van der Waals surface area contributed by atoms with Gasteiger partial charge in [-0.2, -0.15) is 0 Å². The summed E-state index contributed by atoms with van der Waals surface area (Å²) in [5, 5.41) is 5.92. The Labute approximate surface area is 79.3 Å². The molecule has 2 N–H and O–H groups in total. The first-order valence-electron chi connectivity index (χ1n) is 5.12. The zero-order valence-electron chi connectivity index (χ0n) is 8.39. The number of hydrogen-bond donors (Lipinski definition) is 2. The largest absolute Gasteiger partial charge is 0.335 e. The minimum Gasteiger partial charge on any atom is -0.335 e. The molecule has 0 spiro atoms. The topological polar surface area (TPSA) is 41.1 Å². The van der Waals surface area contributed by atoms with Gasteiger partial charge in [-0.15, -0.1) is 0 Å². The molecular formula is C10H18N2O. The van der Waals surface area contributed by atoms with Crippen LogP contribution in [-0.4, -0.2) is 18.1 Å². The van der Waals surface area contributed by atoms with Gasteiger partial charge in [0.15, 0.2) is 0 Å². The summed E-state index contributed by atoms with van der Waals surface area (Å²) in [5.74, 6) is 0. The first-order valence-corrected chi connectivity index (χ1v) is 5.12. The van der Waals surface area contributed by atoms with E-state index in [4.69, 9.17) is 0 Å². The molecule has 3 heteroatoms. The average molecular weight is 182 g/mol. The molecule has 0 radical (unpaired) electrons. The van der Waals surface area contributed by atoms with Crippen LogP contribution in [0.25, 0.3) is 0 Å². The van der Waals surface area contributed by atoms with Gasteiger partial charge in [-0.05, 0) is 31.1 Å². The van der Waals surface area contributed by atoms with E-state index in [1.54, 1.807) is 0 Å². The van der Waals surface area contributed by atoms with Gasteiger partial charge < -0.3 is 10.6 Å². The highest BCUT2D eigenvalue weighted by Crippen LogP contribution is 2.39. The molecule has 2 saturated carbocycles. The molecule has 2 aliphatic rings. The van der Waals surface area contributed by atoms with Crippen molar-refractivity contribution in [3.05, 3.63) is 0 Å². The Morgan fingerprint density at radius 3 is 2.15 bits per heavy atom. The van der Waals surface area contributed by atoms with Crippen LogP contribution in [-0.2, 0) is 0 Å². The smallest absolute Gasteiger partial charge is 0.315 e. The van der Waals surface area contributed by atoms with Crippen LogP contribution in [0.4, 0.5) is 4.79 Å². The molecule has 0 unspecified atom stereocenters. The van der Waals surface area contributed by atoms with Crippen molar-refractivity contribution in [2.24, 2.45) is 5.41 Å². The predicted molar refractivity (Wildman–Crippen MR) is 51.5 cm³/mol. The molecule has 2 amide bonds. The van der Waals surface area contributed by atoms with E-state index in [9.17, 15) is 4.79 Å². The molecule has 0 atom stereocenters. The second-order valence-corrected chi connectivity index (χ2v) is 5.16. The van der Waals surface area contributed by atoms with E-state index in [0.29, 0.717) is 17.5 Å². The van der Waals surface area contributed by atoms with Crippen LogP contribution < -0.4 is 10.6 Å². The van der Waals surface area contributed by atoms with Crippen LogP contribution in [0.2, 0.25) is 0 Å². The van der Waals surface area contributed by atoms with Crippen LogP contribution in [0.15, 0.2) is 0 Å². The van der Waals surface area contributed by atoms with Gasteiger partial charge in [0.1, 0.15) is 0 Å². The number of urea groups is 1. The lowest BCUT2D eigenvalue weighted by Crippen LogP contribution is -2.51. The Kier molecular flexibility index (Phi) is 1.97. The van der Waals surface area contributed by atoms with Crippen molar-refractivity contribution in [1.29, 1.82) is 0 Å². The third-order valence-electron chi connectivity index (χ3n) is 2.85. The molecule has 2 rings (SSSR count). The van der Waals surface area contributed by atoms with Crippen molar-refractivity contribution in [2.45, 2.75) is 51.6 Å². The molecule has 0 aromatic carbocycles. The maximum absolute atomic E-state index is 11.3. The quantitative estimate of drug-likeness (QED) is 0.669. The molecular weight excluding hydrogens is 164 g/mol. The number of carbonyl (C=O) groups excluding carboxylic acids is 1. The van der Waals surface area contributed by atoms with Gasteiger partial charge in [-0.1, -0.05) is 13.8 Å². The zero-order chi connectivity index (χ0) is 9.47. The summed E-state index contributed by atoms with van der Waals surface area (Å²) < 4.78 is 0. The first kappa shape index (κ1) is 8.85. The number of carbonyl (C=O) groups is 1. The minimum atomic E-state index is 0.0306. The Hall–Kier alpha value is -0.730. The van der Waals surface area contributed by atoms with E-state index in [1.807, 2.05) is 0 Å². The zero-order valence-corrected chi connectivity index (χ0v) is 8.39. The summed E-state index contributed by atoms with van der Waals surface area (Å²) in [7, 11) is 0. The lowest BCUT2D eigenvalue weighted by Gasteiger charge is -2.42. The molecule has 2 aliphatic carbocycles. The third-order valence-corrected chi connectivity index (χ3v) is 2.85. The van der Waals surface area contributed by atoms with Crippen LogP contribution >= 0.6 is 0 Å². The summed E-state index contributed by atoms with van der Waals surface area (Å²) in [6.07, 6.45) is 4.54. The summed E-state index contributed by atoms with van der Waals surface area (Å²) in [6, 6.07) is 0.907. The average Bonchev–Trinajstić information content (AvgIpc) is 2.66. The van der Waals surface area contributed by atoms with E-state index in [0.717, 1.165) is 25.7 Å². The third kappa shape index (κ3) is 2.36. The molecule has 3 nitrogen and oxygen atoms in total. The van der Waals surface area contributed by atoms with Gasteiger partial charge in [-0.3, -0.25) is 0 Å². The monoisotopic (exact) mass is 182 g/mol. The van der Waals surface area contributed by atoms with Crippen LogP contribution in [0.5, 0.6) is 0 Å². The molecule has 2 fully saturated rings. The van der Waals surface area contributed by atoms with E-state index < -0.39 is 0 Å². The predicted octanol–water partition coefficient (Wildman–Crippen LogP) is 1.64. The van der Waals surface area contributed by atoms with Gasteiger partial charge in [-0.25, -0.2) is 4.79 Å². The molecule has 0 aromatic heterocycles. The van der Waals surface area contributed by atoms with Crippen LogP contribution in [0.3, 0.4) is 0 Å². The first-order chi connectivity index (χ1) is 6.05. The van der Waals surface area contributed by atoms with Gasteiger partial charge >= 0.3 is 6.03 Å². The fourth-order valence-electron chi connectivity index (χ4n) is 2.02. The fourth-order valence-corrected chi connectivity index (χ4v) is 2.02. The van der Waals surface area contributed by atoms with E-state index in [1.165, 1.54) is 0 Å². The molecule has 0 aliphatic heterocycles. The Morgan fingerprint density at radius 1 is 1.15 bits per heavy atom. The number of amides is 2. The van der Waals surface area contributed by atoms with Crippen molar-refractivity contribution in [3.63, 3.8) is 0 Å². The molecule has 13 heavy (non-hydrogen) atoms. The van der Waals surface area contributed by atoms with Crippen molar-refractivity contribution in [1.82, 2.24) is 10.6 Å². The Morgan fingerprint density at radius 2 is 1.69 bits per heavy atom. The van der Waals surface area contributed by atoms with E-state index >= 15 is 0 Å². The van der Waals surface area contributed by atoms with Gasteiger partial charge in [0, 0.05) is 12.1 Å². The fraction of sp³-hybridized carbons (Fsp3) is 0.900. The van der Waals surface area contributed by atoms with Crippen molar-refractivity contribution in [2.75, 3.05) is 0 Å². The minimum absolute atomic E-state index is 0.0306. The number of hydrogen-bond acceptors (Lipinski definition) is 1. The normalized spacial score (nSPS) is 26.3. The highest BCUT2D eigenvalue weighted by Gasteiger charge is 2.37. The number of rotatable bonds is 2. The molecule has 0 saturated heterocycles. The lowest BCUT2D eigenvalue weighted by atomic mass is 9.68. The Bertz CT molecular complexity index is 213. The maximum Gasteiger partial charge on any atom is 0.315 e. The van der Waals surface area contributed by atoms with Crippen molar-refractivity contribution < 1.29 is 4.79 Å². The maximum atomic E-state index is 11.3. The van der Waals surface area contributed by atoms with Gasteiger partial charge in [0.05, 0.1) is 0 Å². The van der Waals surface area contributed by atoms with Gasteiger partial charge in [0.2, 0.25) is 0 Å². The second kappa shape index (κ2) is 2.89. The summed E-state index contributed by atoms with van der Waals surface area (Å²) in [6.45, 7) is 4.48. The summed E-state index contributed by atoms with van der Waals surface area (Å²) in [5.41, 5.74) is 0.442. The summed E-state index contributed by atoms with van der Waals surface area (Å²) in [4.78, 5) is 11.3. The number of nitrogens with one attached hydrogen (secondary N) is 2. The summed E-state index contributed by atoms with van der Waals surface area (Å²) >= 11 is 0. The second-order valence-electron chi connectivity index (χ2n) is 5.16. The van der Waals surface area contributed by atoms with E-state index in [-0.39, 0.29) is 6.03 Å². The standard InChI is InChI=1S/C10H18N2O/c1-10(2)5-8(6-10)12-9(13)11-7-3-4-7/h7-8H,3-6H2,1-2H3,(H2,11,12,13). The van der Waals surface area contributed by atoms with Crippen LogP contribution in [0, 0.1) is 5.41 Å². The van der Waals surface area contributed by atoms with Crippen LogP contribution in [0.1, 0.15) is 39.5 Å². The SMILES string of the molecule is CC1(C)CC(NC(=O)NC2CC2)C1. The molecule has 74 valence electrons. The van der Waals surface area contributed by atoms with Crippen molar-refractivity contribution in [3.8, 4) is 0 Å². The molecule has 0 heterocycles.